The zero-order chi connectivity index (χ0) is 17.1. The molecular formula is C18H18Cl4N2. The topological polar surface area (TPSA) is 15.3 Å². The molecule has 0 amide bonds. The van der Waals surface area contributed by atoms with E-state index in [2.05, 4.69) is 10.2 Å². The highest BCUT2D eigenvalue weighted by Gasteiger charge is 2.27. The van der Waals surface area contributed by atoms with Crippen LogP contribution >= 0.6 is 46.4 Å². The summed E-state index contributed by atoms with van der Waals surface area (Å²) >= 11 is 25.2. The zero-order valence-corrected chi connectivity index (χ0v) is 16.1. The molecule has 0 bridgehead atoms. The first kappa shape index (κ1) is 18.3. The van der Waals surface area contributed by atoms with E-state index in [4.69, 9.17) is 46.4 Å². The van der Waals surface area contributed by atoms with Crippen molar-refractivity contribution >= 4 is 46.4 Å². The number of rotatable bonds is 3. The Hall–Kier alpha value is -0.480. The monoisotopic (exact) mass is 402 g/mol. The van der Waals surface area contributed by atoms with Gasteiger partial charge in [-0.15, -0.1) is 0 Å². The molecule has 1 fully saturated rings. The van der Waals surface area contributed by atoms with Crippen molar-refractivity contribution in [1.29, 1.82) is 0 Å². The van der Waals surface area contributed by atoms with Gasteiger partial charge in [-0.25, -0.2) is 0 Å². The maximum atomic E-state index is 6.52. The van der Waals surface area contributed by atoms with Gasteiger partial charge in [0.1, 0.15) is 0 Å². The summed E-state index contributed by atoms with van der Waals surface area (Å²) in [4.78, 5) is 2.41. The molecule has 1 aliphatic rings. The van der Waals surface area contributed by atoms with Crippen LogP contribution in [0.5, 0.6) is 0 Å². The van der Waals surface area contributed by atoms with E-state index in [9.17, 15) is 0 Å². The van der Waals surface area contributed by atoms with Crippen molar-refractivity contribution in [3.05, 3.63) is 67.6 Å². The van der Waals surface area contributed by atoms with Crippen molar-refractivity contribution < 1.29 is 0 Å². The lowest BCUT2D eigenvalue weighted by Crippen LogP contribution is -2.33. The highest BCUT2D eigenvalue weighted by Crippen LogP contribution is 2.38. The summed E-state index contributed by atoms with van der Waals surface area (Å²) in [5.41, 5.74) is 2.01. The van der Waals surface area contributed by atoms with Crippen LogP contribution in [0.25, 0.3) is 0 Å². The molecule has 3 rings (SSSR count). The molecule has 1 saturated heterocycles. The van der Waals surface area contributed by atoms with Gasteiger partial charge in [-0.3, -0.25) is 4.90 Å². The number of hydrogen-bond acceptors (Lipinski definition) is 2. The van der Waals surface area contributed by atoms with Gasteiger partial charge in [0.25, 0.3) is 0 Å². The van der Waals surface area contributed by atoms with Crippen LogP contribution in [0.2, 0.25) is 20.1 Å². The molecule has 2 aromatic rings. The first-order chi connectivity index (χ1) is 11.6. The molecule has 6 heteroatoms. The fraction of sp³-hybridized carbons (Fsp3) is 0.333. The third-order valence-corrected chi connectivity index (χ3v) is 5.38. The maximum Gasteiger partial charge on any atom is 0.0631 e. The summed E-state index contributed by atoms with van der Waals surface area (Å²) in [7, 11) is 0. The van der Waals surface area contributed by atoms with E-state index in [-0.39, 0.29) is 6.04 Å². The second kappa shape index (κ2) is 8.27. The Kier molecular flexibility index (Phi) is 6.31. The van der Waals surface area contributed by atoms with E-state index >= 15 is 0 Å². The Labute approximate surface area is 162 Å². The predicted molar refractivity (Wildman–Crippen MR) is 104 cm³/mol. The Balaban J connectivity index is 2.09. The number of halogens is 4. The lowest BCUT2D eigenvalue weighted by molar-refractivity contribution is 0.241. The second-order valence-corrected chi connectivity index (χ2v) is 7.56. The van der Waals surface area contributed by atoms with Gasteiger partial charge in [-0.05, 0) is 48.4 Å². The molecule has 0 aromatic heterocycles. The van der Waals surface area contributed by atoms with Crippen LogP contribution in [-0.2, 0) is 0 Å². The Morgan fingerprint density at radius 2 is 1.38 bits per heavy atom. The molecular weight excluding hydrogens is 386 g/mol. The van der Waals surface area contributed by atoms with E-state index in [0.29, 0.717) is 20.1 Å². The molecule has 0 saturated carbocycles. The van der Waals surface area contributed by atoms with Crippen molar-refractivity contribution in [2.75, 3.05) is 26.2 Å². The maximum absolute atomic E-state index is 6.52. The van der Waals surface area contributed by atoms with Gasteiger partial charge in [-0.1, -0.05) is 58.5 Å². The largest absolute Gasteiger partial charge is 0.315 e. The van der Waals surface area contributed by atoms with Crippen LogP contribution in [0.1, 0.15) is 23.6 Å². The van der Waals surface area contributed by atoms with Crippen molar-refractivity contribution in [3.8, 4) is 0 Å². The van der Waals surface area contributed by atoms with Gasteiger partial charge in [0.2, 0.25) is 0 Å². The van der Waals surface area contributed by atoms with Crippen molar-refractivity contribution in [2.24, 2.45) is 0 Å². The number of nitrogens with one attached hydrogen (secondary N) is 1. The summed E-state index contributed by atoms with van der Waals surface area (Å²) < 4.78 is 0. The molecule has 1 N–H and O–H groups in total. The first-order valence-electron chi connectivity index (χ1n) is 7.91. The van der Waals surface area contributed by atoms with Gasteiger partial charge >= 0.3 is 0 Å². The normalized spacial score (nSPS) is 16.4. The quantitative estimate of drug-likeness (QED) is 0.708. The molecule has 2 nitrogen and oxygen atoms in total. The summed E-state index contributed by atoms with van der Waals surface area (Å²) in [5, 5.41) is 5.98. The number of hydrogen-bond donors (Lipinski definition) is 1. The zero-order valence-electron chi connectivity index (χ0n) is 13.0. The Morgan fingerprint density at radius 1 is 0.792 bits per heavy atom. The van der Waals surface area contributed by atoms with Gasteiger partial charge < -0.3 is 5.32 Å². The van der Waals surface area contributed by atoms with Gasteiger partial charge in [0.15, 0.2) is 0 Å². The lowest BCUT2D eigenvalue weighted by atomic mass is 9.96. The standard InChI is InChI=1S/C18H18Cl4N2/c19-12-2-4-14(16(21)10-12)18(24-8-1-6-23-7-9-24)15-5-3-13(20)11-17(15)22/h2-5,10-11,18,23H,1,6-9H2. The van der Waals surface area contributed by atoms with Crippen LogP contribution in [0, 0.1) is 0 Å². The molecule has 128 valence electrons. The third-order valence-electron chi connectivity index (χ3n) is 4.25. The number of nitrogens with zero attached hydrogens (tertiary/aromatic N) is 1. The summed E-state index contributed by atoms with van der Waals surface area (Å²) in [6.07, 6.45) is 1.08. The average Bonchev–Trinajstić information content (AvgIpc) is 2.80. The van der Waals surface area contributed by atoms with Crippen molar-refractivity contribution in [3.63, 3.8) is 0 Å². The fourth-order valence-electron chi connectivity index (χ4n) is 3.13. The van der Waals surface area contributed by atoms with Crippen molar-refractivity contribution in [1.82, 2.24) is 10.2 Å². The van der Waals surface area contributed by atoms with Crippen molar-refractivity contribution in [2.45, 2.75) is 12.5 Å². The smallest absolute Gasteiger partial charge is 0.0631 e. The van der Waals surface area contributed by atoms with Gasteiger partial charge in [-0.2, -0.15) is 0 Å². The molecule has 0 aliphatic carbocycles. The highest BCUT2D eigenvalue weighted by atomic mass is 35.5. The van der Waals surface area contributed by atoms with E-state index in [1.54, 1.807) is 12.1 Å². The number of benzene rings is 2. The second-order valence-electron chi connectivity index (χ2n) is 5.87. The van der Waals surface area contributed by atoms with E-state index < -0.39 is 0 Å². The molecule has 1 aliphatic heterocycles. The average molecular weight is 404 g/mol. The summed E-state index contributed by atoms with van der Waals surface area (Å²) in [5.74, 6) is 0. The van der Waals surface area contributed by atoms with Crippen LogP contribution in [0.15, 0.2) is 36.4 Å². The molecule has 0 unspecified atom stereocenters. The molecule has 0 atom stereocenters. The van der Waals surface area contributed by atoms with Crippen LogP contribution in [-0.4, -0.2) is 31.1 Å². The Morgan fingerprint density at radius 3 is 1.92 bits per heavy atom. The predicted octanol–water partition coefficient (Wildman–Crippen LogP) is 5.68. The lowest BCUT2D eigenvalue weighted by Gasteiger charge is -2.32. The molecule has 2 aromatic carbocycles. The molecule has 0 radical (unpaired) electrons. The molecule has 24 heavy (non-hydrogen) atoms. The molecule has 0 spiro atoms. The summed E-state index contributed by atoms with van der Waals surface area (Å²) in [6, 6.07) is 11.2. The minimum absolute atomic E-state index is 0.0283. The minimum Gasteiger partial charge on any atom is -0.315 e. The van der Waals surface area contributed by atoms with Crippen LogP contribution in [0.3, 0.4) is 0 Å². The van der Waals surface area contributed by atoms with E-state index in [0.717, 1.165) is 43.7 Å². The minimum atomic E-state index is -0.0283. The molecule has 1 heterocycles. The SMILES string of the molecule is Clc1ccc(C(c2ccc(Cl)cc2Cl)N2CCCNCC2)c(Cl)c1. The highest BCUT2D eigenvalue weighted by molar-refractivity contribution is 6.36. The van der Waals surface area contributed by atoms with Crippen LogP contribution in [0.4, 0.5) is 0 Å². The first-order valence-corrected chi connectivity index (χ1v) is 9.42. The summed E-state index contributed by atoms with van der Waals surface area (Å²) in [6.45, 7) is 3.84. The van der Waals surface area contributed by atoms with Gasteiger partial charge in [0, 0.05) is 39.7 Å². The Bertz CT molecular complexity index is 661. The fourth-order valence-corrected chi connectivity index (χ4v) is 4.16. The van der Waals surface area contributed by atoms with E-state index in [1.165, 1.54) is 0 Å². The van der Waals surface area contributed by atoms with E-state index in [1.807, 2.05) is 24.3 Å². The third kappa shape index (κ3) is 4.19. The van der Waals surface area contributed by atoms with Gasteiger partial charge in [0.05, 0.1) is 6.04 Å². The van der Waals surface area contributed by atoms with Crippen LogP contribution < -0.4 is 5.32 Å².